The SMILES string of the molecule is CC(C)OC(=O)n1ncc(I)c1C1=CCCCC1. The van der Waals surface area contributed by atoms with Crippen LogP contribution < -0.4 is 0 Å². The van der Waals surface area contributed by atoms with Gasteiger partial charge in [-0.2, -0.15) is 9.78 Å². The van der Waals surface area contributed by atoms with E-state index >= 15 is 0 Å². The number of ether oxygens (including phenoxy) is 1. The predicted octanol–water partition coefficient (Wildman–Crippen LogP) is 3.84. The Bertz CT molecular complexity index is 477. The van der Waals surface area contributed by atoms with Gasteiger partial charge in [0.15, 0.2) is 0 Å². The minimum Gasteiger partial charge on any atom is -0.445 e. The first-order valence-corrected chi connectivity index (χ1v) is 7.31. The molecular weight excluding hydrogens is 343 g/mol. The van der Waals surface area contributed by atoms with Gasteiger partial charge in [0.25, 0.3) is 0 Å². The Labute approximate surface area is 121 Å². The smallest absolute Gasteiger partial charge is 0.435 e. The molecule has 98 valence electrons. The second kappa shape index (κ2) is 5.86. The quantitative estimate of drug-likeness (QED) is 0.753. The number of aromatic nitrogens is 2. The Morgan fingerprint density at radius 1 is 1.50 bits per heavy atom. The average molecular weight is 360 g/mol. The molecule has 1 heterocycles. The number of carbonyl (C=O) groups is 1. The molecule has 0 spiro atoms. The molecule has 0 radical (unpaired) electrons. The van der Waals surface area contributed by atoms with Gasteiger partial charge in [-0.15, -0.1) is 0 Å². The second-order valence-electron chi connectivity index (χ2n) is 4.66. The van der Waals surface area contributed by atoms with E-state index in [0.29, 0.717) is 0 Å². The molecule has 0 N–H and O–H groups in total. The van der Waals surface area contributed by atoms with Gasteiger partial charge in [-0.05, 0) is 67.7 Å². The van der Waals surface area contributed by atoms with Crippen LogP contribution in [0.2, 0.25) is 0 Å². The summed E-state index contributed by atoms with van der Waals surface area (Å²) in [7, 11) is 0. The molecule has 0 saturated carbocycles. The number of hydrogen-bond acceptors (Lipinski definition) is 3. The Morgan fingerprint density at radius 2 is 2.28 bits per heavy atom. The fraction of sp³-hybridized carbons (Fsp3) is 0.538. The van der Waals surface area contributed by atoms with E-state index < -0.39 is 6.09 Å². The Morgan fingerprint density at radius 3 is 2.89 bits per heavy atom. The van der Waals surface area contributed by atoms with E-state index in [0.717, 1.165) is 22.1 Å². The standard InChI is InChI=1S/C13H17IN2O2/c1-9(2)18-13(17)16-12(11(14)8-15-16)10-6-4-3-5-7-10/h6,8-9H,3-5,7H2,1-2H3. The van der Waals surface area contributed by atoms with E-state index in [9.17, 15) is 4.79 Å². The predicted molar refractivity (Wildman–Crippen MR) is 78.4 cm³/mol. The van der Waals surface area contributed by atoms with Crippen LogP contribution >= 0.6 is 22.6 Å². The molecule has 2 rings (SSSR count). The lowest BCUT2D eigenvalue weighted by Crippen LogP contribution is -2.21. The first-order chi connectivity index (χ1) is 8.59. The summed E-state index contributed by atoms with van der Waals surface area (Å²) >= 11 is 2.22. The minimum absolute atomic E-state index is 0.132. The summed E-state index contributed by atoms with van der Waals surface area (Å²) in [6.07, 6.45) is 7.89. The molecule has 1 aliphatic carbocycles. The lowest BCUT2D eigenvalue weighted by atomic mass is 9.97. The van der Waals surface area contributed by atoms with Gasteiger partial charge in [0.2, 0.25) is 0 Å². The molecule has 1 aromatic heterocycles. The van der Waals surface area contributed by atoms with Crippen molar-refractivity contribution < 1.29 is 9.53 Å². The van der Waals surface area contributed by atoms with Gasteiger partial charge in [0.1, 0.15) is 0 Å². The fourth-order valence-corrected chi connectivity index (χ4v) is 2.76. The van der Waals surface area contributed by atoms with Crippen molar-refractivity contribution in [2.24, 2.45) is 0 Å². The third kappa shape index (κ3) is 2.93. The van der Waals surface area contributed by atoms with Crippen LogP contribution in [-0.2, 0) is 4.74 Å². The molecule has 0 amide bonds. The Kier molecular flexibility index (Phi) is 4.42. The summed E-state index contributed by atoms with van der Waals surface area (Å²) in [4.78, 5) is 12.0. The first-order valence-electron chi connectivity index (χ1n) is 6.23. The molecule has 0 aromatic carbocycles. The largest absolute Gasteiger partial charge is 0.445 e. The highest BCUT2D eigenvalue weighted by Crippen LogP contribution is 2.29. The Balaban J connectivity index is 2.32. The lowest BCUT2D eigenvalue weighted by molar-refractivity contribution is 0.113. The number of carbonyl (C=O) groups excluding carboxylic acids is 1. The van der Waals surface area contributed by atoms with Crippen molar-refractivity contribution in [3.63, 3.8) is 0 Å². The zero-order valence-corrected chi connectivity index (χ0v) is 12.8. The summed E-state index contributed by atoms with van der Waals surface area (Å²) in [6, 6.07) is 0. The molecule has 0 unspecified atom stereocenters. The van der Waals surface area contributed by atoms with Gasteiger partial charge in [-0.25, -0.2) is 4.79 Å². The topological polar surface area (TPSA) is 44.1 Å². The fourth-order valence-electron chi connectivity index (χ4n) is 2.06. The third-order valence-electron chi connectivity index (χ3n) is 2.83. The third-order valence-corrected chi connectivity index (χ3v) is 3.62. The van der Waals surface area contributed by atoms with Crippen molar-refractivity contribution in [1.82, 2.24) is 9.78 Å². The van der Waals surface area contributed by atoms with Crippen LogP contribution in [0.1, 0.15) is 45.2 Å². The molecule has 0 bridgehead atoms. The maximum atomic E-state index is 12.0. The van der Waals surface area contributed by atoms with E-state index in [1.807, 2.05) is 13.8 Å². The van der Waals surface area contributed by atoms with E-state index in [4.69, 9.17) is 4.74 Å². The molecule has 0 fully saturated rings. The van der Waals surface area contributed by atoms with Gasteiger partial charge < -0.3 is 4.74 Å². The highest BCUT2D eigenvalue weighted by atomic mass is 127. The molecular formula is C13H17IN2O2. The summed E-state index contributed by atoms with van der Waals surface area (Å²) < 4.78 is 7.60. The zero-order valence-electron chi connectivity index (χ0n) is 10.6. The van der Waals surface area contributed by atoms with Crippen molar-refractivity contribution in [3.05, 3.63) is 21.5 Å². The summed E-state index contributed by atoms with van der Waals surface area (Å²) in [5.74, 6) is 0. The second-order valence-corrected chi connectivity index (χ2v) is 5.82. The number of halogens is 1. The van der Waals surface area contributed by atoms with Gasteiger partial charge in [0.05, 0.1) is 21.6 Å². The zero-order chi connectivity index (χ0) is 13.1. The highest BCUT2D eigenvalue weighted by Gasteiger charge is 2.21. The molecule has 5 heteroatoms. The molecule has 1 aromatic rings. The van der Waals surface area contributed by atoms with Crippen LogP contribution in [0, 0.1) is 3.57 Å². The van der Waals surface area contributed by atoms with Gasteiger partial charge in [0, 0.05) is 0 Å². The van der Waals surface area contributed by atoms with Gasteiger partial charge in [-0.1, -0.05) is 6.08 Å². The minimum atomic E-state index is -0.394. The van der Waals surface area contributed by atoms with Crippen molar-refractivity contribution >= 4 is 34.3 Å². The normalized spacial score (nSPS) is 15.7. The van der Waals surface area contributed by atoms with Gasteiger partial charge in [-0.3, -0.25) is 0 Å². The number of rotatable bonds is 2. The van der Waals surface area contributed by atoms with Crippen molar-refractivity contribution in [2.75, 3.05) is 0 Å². The maximum absolute atomic E-state index is 12.0. The molecule has 4 nitrogen and oxygen atoms in total. The van der Waals surface area contributed by atoms with Crippen LogP contribution in [0.4, 0.5) is 4.79 Å². The molecule has 0 atom stereocenters. The van der Waals surface area contributed by atoms with Crippen molar-refractivity contribution in [3.8, 4) is 0 Å². The van der Waals surface area contributed by atoms with E-state index in [1.54, 1.807) is 6.20 Å². The number of nitrogens with zero attached hydrogens (tertiary/aromatic N) is 2. The van der Waals surface area contributed by atoms with E-state index in [1.165, 1.54) is 23.1 Å². The van der Waals surface area contributed by atoms with Crippen molar-refractivity contribution in [1.29, 1.82) is 0 Å². The molecule has 0 aliphatic heterocycles. The summed E-state index contributed by atoms with van der Waals surface area (Å²) in [5, 5.41) is 4.14. The van der Waals surface area contributed by atoms with E-state index in [2.05, 4.69) is 33.8 Å². The van der Waals surface area contributed by atoms with Crippen LogP contribution in [0.5, 0.6) is 0 Å². The molecule has 0 saturated heterocycles. The Hall–Kier alpha value is -0.850. The van der Waals surface area contributed by atoms with Gasteiger partial charge >= 0.3 is 6.09 Å². The summed E-state index contributed by atoms with van der Waals surface area (Å²) in [5.41, 5.74) is 2.12. The van der Waals surface area contributed by atoms with E-state index in [-0.39, 0.29) is 6.10 Å². The maximum Gasteiger partial charge on any atom is 0.435 e. The summed E-state index contributed by atoms with van der Waals surface area (Å²) in [6.45, 7) is 3.68. The van der Waals surface area contributed by atoms with Crippen LogP contribution in [0.25, 0.3) is 5.57 Å². The monoisotopic (exact) mass is 360 g/mol. The average Bonchev–Trinajstić information content (AvgIpc) is 2.71. The highest BCUT2D eigenvalue weighted by molar-refractivity contribution is 14.1. The van der Waals surface area contributed by atoms with Crippen LogP contribution in [0.3, 0.4) is 0 Å². The molecule has 1 aliphatic rings. The first kappa shape index (κ1) is 13.6. The lowest BCUT2D eigenvalue weighted by Gasteiger charge is -2.15. The van der Waals surface area contributed by atoms with Crippen LogP contribution in [0.15, 0.2) is 12.3 Å². The van der Waals surface area contributed by atoms with Crippen LogP contribution in [-0.4, -0.2) is 22.0 Å². The molecule has 18 heavy (non-hydrogen) atoms. The number of allylic oxidation sites excluding steroid dienone is 2. The number of hydrogen-bond donors (Lipinski definition) is 0. The van der Waals surface area contributed by atoms with Crippen molar-refractivity contribution in [2.45, 2.75) is 45.6 Å².